The molecule has 0 aliphatic rings. The number of hydrazone groups is 1. The number of halogens is 2. The summed E-state index contributed by atoms with van der Waals surface area (Å²) in [5.41, 5.74) is 5.80. The van der Waals surface area contributed by atoms with Gasteiger partial charge < -0.3 is 4.74 Å². The Morgan fingerprint density at radius 3 is 2.52 bits per heavy atom. The maximum Gasteiger partial charge on any atom is 0.128 e. The van der Waals surface area contributed by atoms with Crippen LogP contribution >= 0.6 is 27.5 Å². The van der Waals surface area contributed by atoms with Gasteiger partial charge in [0.15, 0.2) is 0 Å². The molecule has 1 N–H and O–H groups in total. The summed E-state index contributed by atoms with van der Waals surface area (Å²) in [5.74, 6) is 0.728. The van der Waals surface area contributed by atoms with Gasteiger partial charge in [-0.05, 0) is 48.0 Å². The minimum Gasteiger partial charge on any atom is -0.488 e. The van der Waals surface area contributed by atoms with Gasteiger partial charge in [-0.2, -0.15) is 5.10 Å². The molecule has 0 aliphatic carbocycles. The third kappa shape index (κ3) is 5.34. The van der Waals surface area contributed by atoms with Gasteiger partial charge in [0.25, 0.3) is 0 Å². The predicted octanol–water partition coefficient (Wildman–Crippen LogP) is 6.13. The molecule has 0 saturated heterocycles. The number of hydrogen-bond donors (Lipinski definition) is 1. The molecular weight excluding hydrogens is 400 g/mol. The molecule has 0 fully saturated rings. The smallest absolute Gasteiger partial charge is 0.128 e. The summed E-state index contributed by atoms with van der Waals surface area (Å²) in [5, 5.41) is 4.90. The van der Waals surface area contributed by atoms with Crippen LogP contribution in [0.3, 0.4) is 0 Å². The number of nitrogens with zero attached hydrogens (tertiary/aromatic N) is 1. The molecule has 3 aromatic rings. The van der Waals surface area contributed by atoms with Crippen LogP contribution in [-0.2, 0) is 6.61 Å². The van der Waals surface area contributed by atoms with Crippen LogP contribution in [0.15, 0.2) is 82.4 Å². The van der Waals surface area contributed by atoms with E-state index in [0.29, 0.717) is 11.6 Å². The van der Waals surface area contributed by atoms with E-state index >= 15 is 0 Å². The molecule has 0 aliphatic heterocycles. The monoisotopic (exact) mass is 414 g/mol. The Morgan fingerprint density at radius 1 is 1.00 bits per heavy atom. The molecule has 0 aromatic heterocycles. The number of nitrogens with one attached hydrogen (secondary N) is 1. The molecule has 3 aromatic carbocycles. The average molecular weight is 416 g/mol. The van der Waals surface area contributed by atoms with Gasteiger partial charge in [-0.15, -0.1) is 0 Å². The van der Waals surface area contributed by atoms with Crippen LogP contribution in [0.1, 0.15) is 11.1 Å². The molecule has 0 saturated carbocycles. The number of para-hydroxylation sites is 1. The minimum absolute atomic E-state index is 0.474. The van der Waals surface area contributed by atoms with Crippen molar-refractivity contribution >= 4 is 39.4 Å². The van der Waals surface area contributed by atoms with Crippen LogP contribution in [0.25, 0.3) is 0 Å². The van der Waals surface area contributed by atoms with Crippen molar-refractivity contribution in [2.45, 2.75) is 6.61 Å². The highest BCUT2D eigenvalue weighted by atomic mass is 79.9. The summed E-state index contributed by atoms with van der Waals surface area (Å²) < 4.78 is 6.97. The van der Waals surface area contributed by atoms with Gasteiger partial charge in [-0.1, -0.05) is 57.9 Å². The molecule has 3 nitrogen and oxygen atoms in total. The fourth-order valence-corrected chi connectivity index (χ4v) is 2.63. The van der Waals surface area contributed by atoms with Crippen LogP contribution in [0, 0.1) is 0 Å². The van der Waals surface area contributed by atoms with Crippen molar-refractivity contribution in [2.24, 2.45) is 5.10 Å². The summed E-state index contributed by atoms with van der Waals surface area (Å²) in [4.78, 5) is 0. The first kappa shape index (κ1) is 17.5. The van der Waals surface area contributed by atoms with Crippen molar-refractivity contribution in [3.8, 4) is 5.75 Å². The second kappa shape index (κ2) is 8.70. The van der Waals surface area contributed by atoms with E-state index in [9.17, 15) is 0 Å². The second-order valence-electron chi connectivity index (χ2n) is 5.33. The van der Waals surface area contributed by atoms with Gasteiger partial charge in [0.05, 0.1) is 11.9 Å². The summed E-state index contributed by atoms with van der Waals surface area (Å²) in [6, 6.07) is 23.3. The molecule has 0 amide bonds. The normalized spacial score (nSPS) is 10.8. The van der Waals surface area contributed by atoms with Crippen molar-refractivity contribution < 1.29 is 4.74 Å². The number of hydrogen-bond acceptors (Lipinski definition) is 3. The summed E-state index contributed by atoms with van der Waals surface area (Å²) in [7, 11) is 0. The first-order chi connectivity index (χ1) is 12.2. The van der Waals surface area contributed by atoms with Gasteiger partial charge in [-0.25, -0.2) is 0 Å². The molecule has 0 spiro atoms. The van der Waals surface area contributed by atoms with Gasteiger partial charge in [-0.3, -0.25) is 5.43 Å². The van der Waals surface area contributed by atoms with Crippen LogP contribution in [0.4, 0.5) is 5.69 Å². The largest absolute Gasteiger partial charge is 0.488 e. The standard InChI is InChI=1S/C20H16BrClN2O/c21-17-8-6-15(7-9-17)14-25-20-11-10-18(22)12-16(20)13-23-24-19-4-2-1-3-5-19/h1-13,24H,14H2. The van der Waals surface area contributed by atoms with E-state index in [1.165, 1.54) is 0 Å². The quantitative estimate of drug-likeness (QED) is 0.388. The van der Waals surface area contributed by atoms with Crippen LogP contribution in [0.2, 0.25) is 5.02 Å². The highest BCUT2D eigenvalue weighted by Crippen LogP contribution is 2.23. The van der Waals surface area contributed by atoms with Gasteiger partial charge in [0.1, 0.15) is 12.4 Å². The average Bonchev–Trinajstić information content (AvgIpc) is 2.63. The second-order valence-corrected chi connectivity index (χ2v) is 6.69. The molecule has 0 radical (unpaired) electrons. The Kier molecular flexibility index (Phi) is 6.09. The third-order valence-electron chi connectivity index (χ3n) is 3.45. The first-order valence-electron chi connectivity index (χ1n) is 7.71. The molecule has 25 heavy (non-hydrogen) atoms. The Labute approximate surface area is 160 Å². The maximum atomic E-state index is 6.10. The first-order valence-corrected chi connectivity index (χ1v) is 8.89. The van der Waals surface area contributed by atoms with Crippen LogP contribution in [0.5, 0.6) is 5.75 Å². The van der Waals surface area contributed by atoms with E-state index in [1.54, 1.807) is 12.3 Å². The summed E-state index contributed by atoms with van der Waals surface area (Å²) >= 11 is 9.53. The highest BCUT2D eigenvalue weighted by molar-refractivity contribution is 9.10. The lowest BCUT2D eigenvalue weighted by molar-refractivity contribution is 0.306. The van der Waals surface area contributed by atoms with Crippen molar-refractivity contribution in [1.82, 2.24) is 0 Å². The lowest BCUT2D eigenvalue weighted by Gasteiger charge is -2.10. The van der Waals surface area contributed by atoms with Gasteiger partial charge in [0, 0.05) is 15.1 Å². The fraction of sp³-hybridized carbons (Fsp3) is 0.0500. The molecule has 0 heterocycles. The zero-order chi connectivity index (χ0) is 17.5. The molecule has 0 unspecified atom stereocenters. The summed E-state index contributed by atoms with van der Waals surface area (Å²) in [6.45, 7) is 0.474. The Balaban J connectivity index is 1.70. The molecule has 0 bridgehead atoms. The van der Waals surface area contributed by atoms with E-state index in [0.717, 1.165) is 27.0 Å². The zero-order valence-corrected chi connectivity index (χ0v) is 15.7. The Morgan fingerprint density at radius 2 is 1.76 bits per heavy atom. The van der Waals surface area contributed by atoms with E-state index in [-0.39, 0.29) is 0 Å². The van der Waals surface area contributed by atoms with Crippen molar-refractivity contribution in [2.75, 3.05) is 5.43 Å². The Bertz CT molecular complexity index is 851. The summed E-state index contributed by atoms with van der Waals surface area (Å²) in [6.07, 6.45) is 1.70. The Hall–Kier alpha value is -2.30. The van der Waals surface area contributed by atoms with Crippen molar-refractivity contribution in [1.29, 1.82) is 0 Å². The van der Waals surface area contributed by atoms with E-state index in [4.69, 9.17) is 16.3 Å². The maximum absolute atomic E-state index is 6.10. The molecule has 5 heteroatoms. The van der Waals surface area contributed by atoms with Crippen molar-refractivity contribution in [3.63, 3.8) is 0 Å². The zero-order valence-electron chi connectivity index (χ0n) is 13.3. The minimum atomic E-state index is 0.474. The fourth-order valence-electron chi connectivity index (χ4n) is 2.18. The SMILES string of the molecule is Clc1ccc(OCc2ccc(Br)cc2)c(C=NNc2ccccc2)c1. The number of benzene rings is 3. The molecule has 0 atom stereocenters. The van der Waals surface area contributed by atoms with E-state index in [1.807, 2.05) is 66.7 Å². The van der Waals surface area contributed by atoms with Crippen LogP contribution in [-0.4, -0.2) is 6.21 Å². The molecule has 126 valence electrons. The third-order valence-corrected chi connectivity index (χ3v) is 4.21. The van der Waals surface area contributed by atoms with Crippen LogP contribution < -0.4 is 10.2 Å². The molecule has 3 rings (SSSR count). The van der Waals surface area contributed by atoms with E-state index < -0.39 is 0 Å². The highest BCUT2D eigenvalue weighted by Gasteiger charge is 2.04. The van der Waals surface area contributed by atoms with Gasteiger partial charge >= 0.3 is 0 Å². The lowest BCUT2D eigenvalue weighted by atomic mass is 10.2. The topological polar surface area (TPSA) is 33.6 Å². The number of anilines is 1. The predicted molar refractivity (Wildman–Crippen MR) is 108 cm³/mol. The molecular formula is C20H16BrClN2O. The lowest BCUT2D eigenvalue weighted by Crippen LogP contribution is -1.99. The van der Waals surface area contributed by atoms with E-state index in [2.05, 4.69) is 26.5 Å². The number of ether oxygens (including phenoxy) is 1. The van der Waals surface area contributed by atoms with Crippen molar-refractivity contribution in [3.05, 3.63) is 93.4 Å². The van der Waals surface area contributed by atoms with Gasteiger partial charge in [0.2, 0.25) is 0 Å². The number of rotatable bonds is 6.